The highest BCUT2D eigenvalue weighted by atomic mass is 14.9. The number of rotatable bonds is 7. The number of hydrogen-bond acceptors (Lipinski definition) is 3. The topological polar surface area (TPSA) is 64.1 Å². The molecule has 3 heteroatoms. The maximum Gasteiger partial charge on any atom is 0.00769 e. The summed E-state index contributed by atoms with van der Waals surface area (Å²) in [6.07, 6.45) is 2.14. The fourth-order valence-electron chi connectivity index (χ4n) is 1.27. The van der Waals surface area contributed by atoms with E-state index in [1.54, 1.807) is 0 Å². The smallest absolute Gasteiger partial charge is 0.00769 e. The number of hydrogen-bond donors (Lipinski definition) is 3. The van der Waals surface area contributed by atoms with Crippen LogP contribution in [0.4, 0.5) is 0 Å². The normalized spacial score (nSPS) is 13.8. The van der Waals surface area contributed by atoms with Crippen LogP contribution in [0.5, 0.6) is 0 Å². The summed E-state index contributed by atoms with van der Waals surface area (Å²) in [6.45, 7) is 6.70. The largest absolute Gasteiger partial charge is 0.330 e. The van der Waals surface area contributed by atoms with Crippen LogP contribution in [0.15, 0.2) is 0 Å². The molecule has 1 atom stereocenters. The van der Waals surface area contributed by atoms with Crippen molar-refractivity contribution < 1.29 is 0 Å². The lowest BCUT2D eigenvalue weighted by Crippen LogP contribution is -2.32. The van der Waals surface area contributed by atoms with Gasteiger partial charge in [0.05, 0.1) is 0 Å². The molecular formula is C9H22N3. The average molecular weight is 172 g/mol. The van der Waals surface area contributed by atoms with Crippen molar-refractivity contribution in [3.05, 3.63) is 5.92 Å². The quantitative estimate of drug-likeness (QED) is 0.516. The molecule has 0 aromatic rings. The third kappa shape index (κ3) is 6.58. The third-order valence-corrected chi connectivity index (χ3v) is 1.86. The van der Waals surface area contributed by atoms with Crippen LogP contribution in [-0.2, 0) is 0 Å². The highest BCUT2D eigenvalue weighted by Crippen LogP contribution is 2.11. The molecule has 0 aromatic heterocycles. The van der Waals surface area contributed by atoms with Gasteiger partial charge in [0.2, 0.25) is 0 Å². The van der Waals surface area contributed by atoms with Gasteiger partial charge in [-0.2, -0.15) is 0 Å². The van der Waals surface area contributed by atoms with E-state index in [0.29, 0.717) is 12.6 Å². The van der Waals surface area contributed by atoms with Gasteiger partial charge in [-0.05, 0) is 32.2 Å². The fourth-order valence-corrected chi connectivity index (χ4v) is 1.27. The van der Waals surface area contributed by atoms with Crippen molar-refractivity contribution in [3.8, 4) is 0 Å². The lowest BCUT2D eigenvalue weighted by Gasteiger charge is -2.17. The van der Waals surface area contributed by atoms with Gasteiger partial charge in [0, 0.05) is 19.1 Å². The molecule has 0 aliphatic heterocycles. The van der Waals surface area contributed by atoms with Gasteiger partial charge in [0.25, 0.3) is 0 Å². The Morgan fingerprint density at radius 1 is 1.33 bits per heavy atom. The van der Waals surface area contributed by atoms with Crippen molar-refractivity contribution in [2.45, 2.75) is 32.7 Å². The minimum atomic E-state index is 0.528. The molecule has 0 saturated carbocycles. The first-order valence-corrected chi connectivity index (χ1v) is 4.65. The van der Waals surface area contributed by atoms with Gasteiger partial charge in [0.1, 0.15) is 0 Å². The van der Waals surface area contributed by atoms with Crippen molar-refractivity contribution in [1.29, 1.82) is 0 Å². The first kappa shape index (κ1) is 11.9. The van der Waals surface area contributed by atoms with E-state index in [0.717, 1.165) is 25.9 Å². The van der Waals surface area contributed by atoms with Crippen molar-refractivity contribution >= 4 is 0 Å². The number of nitrogens with two attached hydrogens (primary N) is 2. The zero-order valence-electron chi connectivity index (χ0n) is 8.27. The minimum absolute atomic E-state index is 0.528. The summed E-state index contributed by atoms with van der Waals surface area (Å²) in [4.78, 5) is 0. The van der Waals surface area contributed by atoms with E-state index in [2.05, 4.69) is 19.2 Å². The summed E-state index contributed by atoms with van der Waals surface area (Å²) >= 11 is 0. The second-order valence-electron chi connectivity index (χ2n) is 3.34. The van der Waals surface area contributed by atoms with Crippen molar-refractivity contribution in [1.82, 2.24) is 5.32 Å². The minimum Gasteiger partial charge on any atom is -0.330 e. The van der Waals surface area contributed by atoms with Gasteiger partial charge in [-0.3, -0.25) is 0 Å². The van der Waals surface area contributed by atoms with Crippen LogP contribution in [-0.4, -0.2) is 25.7 Å². The Labute approximate surface area is 75.9 Å². The highest BCUT2D eigenvalue weighted by Gasteiger charge is 2.06. The van der Waals surface area contributed by atoms with Crippen LogP contribution in [0.2, 0.25) is 0 Å². The molecule has 0 amide bonds. The molecule has 0 heterocycles. The molecular weight excluding hydrogens is 150 g/mol. The van der Waals surface area contributed by atoms with E-state index in [1.807, 2.05) is 0 Å². The lowest BCUT2D eigenvalue weighted by molar-refractivity contribution is 0.517. The average Bonchev–Trinajstić information content (AvgIpc) is 2.01. The zero-order chi connectivity index (χ0) is 9.40. The van der Waals surface area contributed by atoms with Gasteiger partial charge in [0.15, 0.2) is 0 Å². The predicted molar refractivity (Wildman–Crippen MR) is 53.7 cm³/mol. The molecule has 73 valence electrons. The molecule has 12 heavy (non-hydrogen) atoms. The van der Waals surface area contributed by atoms with E-state index >= 15 is 0 Å². The first-order chi connectivity index (χ1) is 5.70. The molecule has 0 aliphatic rings. The van der Waals surface area contributed by atoms with E-state index in [1.165, 1.54) is 5.92 Å². The molecule has 0 bridgehead atoms. The summed E-state index contributed by atoms with van der Waals surface area (Å²) in [5.74, 6) is 1.47. The van der Waals surface area contributed by atoms with Crippen LogP contribution in [0.1, 0.15) is 26.7 Å². The van der Waals surface area contributed by atoms with Crippen LogP contribution in [0.3, 0.4) is 0 Å². The molecule has 0 fully saturated rings. The van der Waals surface area contributed by atoms with Crippen LogP contribution in [0, 0.1) is 5.92 Å². The first-order valence-electron chi connectivity index (χ1n) is 4.65. The molecule has 3 nitrogen and oxygen atoms in total. The third-order valence-electron chi connectivity index (χ3n) is 1.86. The highest BCUT2D eigenvalue weighted by molar-refractivity contribution is 4.87. The standard InChI is InChI=1S/C9H22N3/c1-8(3-4-10)7-9(2)12-6-5-11/h9,12H,3-7,10-11H2,1-2H3. The maximum atomic E-state index is 5.44. The van der Waals surface area contributed by atoms with E-state index in [4.69, 9.17) is 11.5 Å². The Bertz CT molecular complexity index is 95.8. The Kier molecular flexibility index (Phi) is 7.45. The second-order valence-corrected chi connectivity index (χ2v) is 3.34. The fraction of sp³-hybridized carbons (Fsp3) is 0.889. The molecule has 1 unspecified atom stereocenters. The summed E-state index contributed by atoms with van der Waals surface area (Å²) in [7, 11) is 0. The van der Waals surface area contributed by atoms with E-state index in [9.17, 15) is 0 Å². The van der Waals surface area contributed by atoms with Crippen molar-refractivity contribution in [2.24, 2.45) is 11.5 Å². The zero-order valence-corrected chi connectivity index (χ0v) is 8.27. The SMILES string of the molecule is C[C](CCN)CC(C)NCCN. The van der Waals surface area contributed by atoms with Gasteiger partial charge in [-0.15, -0.1) is 0 Å². The summed E-state index contributed by atoms with van der Waals surface area (Å²) in [5.41, 5.74) is 10.8. The van der Waals surface area contributed by atoms with Crippen LogP contribution >= 0.6 is 0 Å². The van der Waals surface area contributed by atoms with Crippen molar-refractivity contribution in [2.75, 3.05) is 19.6 Å². The summed E-state index contributed by atoms with van der Waals surface area (Å²) in [6, 6.07) is 0.528. The Morgan fingerprint density at radius 2 is 2.00 bits per heavy atom. The van der Waals surface area contributed by atoms with Gasteiger partial charge in [-0.1, -0.05) is 6.92 Å². The Morgan fingerprint density at radius 3 is 2.50 bits per heavy atom. The monoisotopic (exact) mass is 172 g/mol. The van der Waals surface area contributed by atoms with Gasteiger partial charge < -0.3 is 16.8 Å². The van der Waals surface area contributed by atoms with Crippen molar-refractivity contribution in [3.63, 3.8) is 0 Å². The molecule has 0 aromatic carbocycles. The Balaban J connectivity index is 3.33. The molecule has 0 rings (SSSR count). The van der Waals surface area contributed by atoms with Gasteiger partial charge >= 0.3 is 0 Å². The lowest BCUT2D eigenvalue weighted by atomic mass is 9.99. The second kappa shape index (κ2) is 7.53. The van der Waals surface area contributed by atoms with Gasteiger partial charge in [-0.25, -0.2) is 0 Å². The van der Waals surface area contributed by atoms with E-state index in [-0.39, 0.29) is 0 Å². The molecule has 1 radical (unpaired) electrons. The molecule has 0 aliphatic carbocycles. The molecule has 0 saturated heterocycles. The maximum absolute atomic E-state index is 5.44. The van der Waals surface area contributed by atoms with Crippen LogP contribution in [0.25, 0.3) is 0 Å². The summed E-state index contributed by atoms with van der Waals surface area (Å²) < 4.78 is 0. The predicted octanol–water partition coefficient (Wildman–Crippen LogP) is 0.256. The molecule has 5 N–H and O–H groups in total. The Hall–Kier alpha value is -0.120. The number of nitrogens with one attached hydrogen (secondary N) is 1. The van der Waals surface area contributed by atoms with Crippen LogP contribution < -0.4 is 16.8 Å². The van der Waals surface area contributed by atoms with E-state index < -0.39 is 0 Å². The molecule has 0 spiro atoms. The summed E-state index contributed by atoms with van der Waals surface area (Å²) in [5, 5.41) is 3.33.